The highest BCUT2D eigenvalue weighted by atomic mass is 32.2. The van der Waals surface area contributed by atoms with Crippen molar-refractivity contribution in [3.05, 3.63) is 48.5 Å². The van der Waals surface area contributed by atoms with Crippen LogP contribution in [0.5, 0.6) is 0 Å². The molecule has 2 N–H and O–H groups in total. The van der Waals surface area contributed by atoms with E-state index in [9.17, 15) is 0 Å². The molecule has 1 aromatic carbocycles. The number of nitrogens with one attached hydrogen (secondary N) is 2. The Bertz CT molecular complexity index is 721. The van der Waals surface area contributed by atoms with Crippen molar-refractivity contribution in [1.29, 1.82) is 0 Å². The summed E-state index contributed by atoms with van der Waals surface area (Å²) in [4.78, 5) is 10.5. The van der Waals surface area contributed by atoms with Gasteiger partial charge in [0, 0.05) is 41.7 Å². The van der Waals surface area contributed by atoms with Gasteiger partial charge >= 0.3 is 0 Å². The predicted octanol–water partition coefficient (Wildman–Crippen LogP) is 3.85. The smallest absolute Gasteiger partial charge is 0.191 e. The number of imidazole rings is 1. The van der Waals surface area contributed by atoms with Gasteiger partial charge in [-0.2, -0.15) is 0 Å². The molecule has 0 unspecified atom stereocenters. The second kappa shape index (κ2) is 9.83. The summed E-state index contributed by atoms with van der Waals surface area (Å²) >= 11 is 1.98. The molecule has 1 aliphatic rings. The van der Waals surface area contributed by atoms with Crippen LogP contribution in [0.3, 0.4) is 0 Å². The number of hydrogen-bond acceptors (Lipinski definition) is 3. The molecule has 1 aliphatic carbocycles. The number of benzene rings is 1. The number of guanidine groups is 1. The summed E-state index contributed by atoms with van der Waals surface area (Å²) in [5.41, 5.74) is 0. The van der Waals surface area contributed by atoms with Gasteiger partial charge in [0.05, 0.1) is 6.54 Å². The van der Waals surface area contributed by atoms with Gasteiger partial charge in [-0.25, -0.2) is 4.98 Å². The fourth-order valence-corrected chi connectivity index (χ4v) is 4.22. The third-order valence-corrected chi connectivity index (χ3v) is 6.27. The van der Waals surface area contributed by atoms with Crippen molar-refractivity contribution in [3.8, 4) is 0 Å². The molecule has 0 radical (unpaired) electrons. The van der Waals surface area contributed by atoms with E-state index in [0.29, 0.717) is 4.75 Å². The third-order valence-electron chi connectivity index (χ3n) is 4.80. The number of aromatic nitrogens is 2. The van der Waals surface area contributed by atoms with E-state index >= 15 is 0 Å². The number of nitrogens with zero attached hydrogens (tertiary/aromatic N) is 3. The summed E-state index contributed by atoms with van der Waals surface area (Å²) in [5.74, 6) is 2.03. The maximum absolute atomic E-state index is 4.86. The normalized spacial score (nSPS) is 15.6. The second-order valence-corrected chi connectivity index (χ2v) is 8.64. The highest BCUT2D eigenvalue weighted by Crippen LogP contribution is 2.51. The van der Waals surface area contributed by atoms with Crippen molar-refractivity contribution >= 4 is 17.7 Å². The molecular weight excluding hydrogens is 354 g/mol. The summed E-state index contributed by atoms with van der Waals surface area (Å²) in [6.07, 6.45) is 8.67. The van der Waals surface area contributed by atoms with Crippen LogP contribution in [0, 0.1) is 6.92 Å². The lowest BCUT2D eigenvalue weighted by molar-refractivity contribution is 0.588. The minimum Gasteiger partial charge on any atom is -0.357 e. The number of rotatable bonds is 10. The molecule has 0 bridgehead atoms. The number of hydrogen-bond donors (Lipinski definition) is 2. The molecule has 3 rings (SSSR count). The van der Waals surface area contributed by atoms with Crippen LogP contribution >= 0.6 is 11.8 Å². The fourth-order valence-electron chi connectivity index (χ4n) is 2.99. The standard InChI is InChI=1S/C21H31N5S/c1-3-22-20(24-13-7-8-15-26-16-14-23-18(26)2)25-17-21(11-12-21)27-19-9-5-4-6-10-19/h4-6,9-10,14,16H,3,7-8,11-13,15,17H2,1-2H3,(H2,22,24,25). The summed E-state index contributed by atoms with van der Waals surface area (Å²) in [7, 11) is 0. The first-order chi connectivity index (χ1) is 13.2. The Balaban J connectivity index is 1.42. The lowest BCUT2D eigenvalue weighted by atomic mass is 10.3. The Morgan fingerprint density at radius 1 is 1.22 bits per heavy atom. The summed E-state index contributed by atoms with van der Waals surface area (Å²) < 4.78 is 2.50. The molecule has 0 amide bonds. The van der Waals surface area contributed by atoms with Gasteiger partial charge in [-0.1, -0.05) is 18.2 Å². The van der Waals surface area contributed by atoms with Gasteiger partial charge in [0.25, 0.3) is 0 Å². The number of aliphatic imine (C=N–C) groups is 1. The lowest BCUT2D eigenvalue weighted by Gasteiger charge is -2.15. The maximum atomic E-state index is 4.86. The van der Waals surface area contributed by atoms with E-state index in [4.69, 9.17) is 4.99 Å². The minimum atomic E-state index is 0.294. The van der Waals surface area contributed by atoms with Crippen LogP contribution < -0.4 is 10.6 Å². The quantitative estimate of drug-likeness (QED) is 0.370. The molecule has 6 heteroatoms. The lowest BCUT2D eigenvalue weighted by Crippen LogP contribution is -2.38. The van der Waals surface area contributed by atoms with E-state index in [1.807, 2.05) is 24.2 Å². The van der Waals surface area contributed by atoms with Gasteiger partial charge in [-0.3, -0.25) is 4.99 Å². The summed E-state index contributed by atoms with van der Waals surface area (Å²) in [5, 5.41) is 6.86. The minimum absolute atomic E-state index is 0.294. The Hall–Kier alpha value is -1.95. The maximum Gasteiger partial charge on any atom is 0.191 e. The Morgan fingerprint density at radius 2 is 2.04 bits per heavy atom. The molecule has 1 heterocycles. The zero-order chi connectivity index (χ0) is 19.0. The van der Waals surface area contributed by atoms with Crippen LogP contribution in [0.4, 0.5) is 0 Å². The van der Waals surface area contributed by atoms with Crippen molar-refractivity contribution in [1.82, 2.24) is 20.2 Å². The van der Waals surface area contributed by atoms with Crippen LogP contribution in [0.1, 0.15) is 38.4 Å². The zero-order valence-electron chi connectivity index (χ0n) is 16.4. The van der Waals surface area contributed by atoms with E-state index in [-0.39, 0.29) is 0 Å². The highest BCUT2D eigenvalue weighted by Gasteiger charge is 2.43. The largest absolute Gasteiger partial charge is 0.357 e. The van der Waals surface area contributed by atoms with Gasteiger partial charge in [-0.05, 0) is 51.7 Å². The Labute approximate surface area is 167 Å². The number of unbranched alkanes of at least 4 members (excludes halogenated alkanes) is 1. The van der Waals surface area contributed by atoms with Crippen LogP contribution in [0.25, 0.3) is 0 Å². The summed E-state index contributed by atoms with van der Waals surface area (Å²) in [6, 6.07) is 10.7. The van der Waals surface area contributed by atoms with Gasteiger partial charge < -0.3 is 15.2 Å². The van der Waals surface area contributed by atoms with E-state index in [2.05, 4.69) is 64.4 Å². The third kappa shape index (κ3) is 6.31. The van der Waals surface area contributed by atoms with Crippen LogP contribution in [-0.2, 0) is 6.54 Å². The van der Waals surface area contributed by atoms with Crippen LogP contribution in [-0.4, -0.2) is 39.9 Å². The zero-order valence-corrected chi connectivity index (χ0v) is 17.3. The summed E-state index contributed by atoms with van der Waals surface area (Å²) in [6.45, 7) is 7.89. The Kier molecular flexibility index (Phi) is 7.21. The predicted molar refractivity (Wildman–Crippen MR) is 114 cm³/mol. The van der Waals surface area contributed by atoms with Crippen LogP contribution in [0.15, 0.2) is 52.6 Å². The van der Waals surface area contributed by atoms with Crippen molar-refractivity contribution in [2.24, 2.45) is 4.99 Å². The van der Waals surface area contributed by atoms with Crippen molar-refractivity contribution in [2.45, 2.75) is 55.7 Å². The molecule has 0 saturated heterocycles. The SMILES string of the molecule is CCNC(=NCC1(Sc2ccccc2)CC1)NCCCCn1ccnc1C. The van der Waals surface area contributed by atoms with E-state index in [1.165, 1.54) is 17.7 Å². The molecule has 1 saturated carbocycles. The molecule has 146 valence electrons. The molecule has 2 aromatic rings. The molecule has 0 atom stereocenters. The topological polar surface area (TPSA) is 54.2 Å². The van der Waals surface area contributed by atoms with Gasteiger partial charge in [0.15, 0.2) is 5.96 Å². The monoisotopic (exact) mass is 385 g/mol. The average molecular weight is 386 g/mol. The van der Waals surface area contributed by atoms with Gasteiger partial charge in [-0.15, -0.1) is 11.8 Å². The Morgan fingerprint density at radius 3 is 2.70 bits per heavy atom. The molecule has 27 heavy (non-hydrogen) atoms. The van der Waals surface area contributed by atoms with Crippen molar-refractivity contribution < 1.29 is 0 Å². The van der Waals surface area contributed by atoms with E-state index in [1.54, 1.807) is 0 Å². The average Bonchev–Trinajstić information content (AvgIpc) is 3.32. The number of thioether (sulfide) groups is 1. The fraction of sp³-hybridized carbons (Fsp3) is 0.524. The highest BCUT2D eigenvalue weighted by molar-refractivity contribution is 8.01. The number of aryl methyl sites for hydroxylation is 2. The first kappa shape index (κ1) is 19.8. The molecule has 5 nitrogen and oxygen atoms in total. The van der Waals surface area contributed by atoms with Crippen molar-refractivity contribution in [3.63, 3.8) is 0 Å². The van der Waals surface area contributed by atoms with Gasteiger partial charge in [0.2, 0.25) is 0 Å². The molecular formula is C21H31N5S. The first-order valence-corrected chi connectivity index (χ1v) is 10.8. The van der Waals surface area contributed by atoms with E-state index in [0.717, 1.165) is 50.8 Å². The van der Waals surface area contributed by atoms with Crippen LogP contribution in [0.2, 0.25) is 0 Å². The first-order valence-electron chi connectivity index (χ1n) is 9.95. The molecule has 0 aliphatic heterocycles. The second-order valence-electron chi connectivity index (χ2n) is 7.10. The van der Waals surface area contributed by atoms with Crippen molar-refractivity contribution in [2.75, 3.05) is 19.6 Å². The molecule has 1 aromatic heterocycles. The molecule has 0 spiro atoms. The molecule has 1 fully saturated rings. The van der Waals surface area contributed by atoms with Gasteiger partial charge in [0.1, 0.15) is 5.82 Å². The van der Waals surface area contributed by atoms with E-state index < -0.39 is 0 Å².